The fraction of sp³-hybridized carbons (Fsp3) is 0.417. The topological polar surface area (TPSA) is 106 Å². The van der Waals surface area contributed by atoms with Crippen molar-refractivity contribution in [1.29, 1.82) is 0 Å². The van der Waals surface area contributed by atoms with Crippen molar-refractivity contribution in [3.8, 4) is 0 Å². The number of rotatable bonds is 1. The van der Waals surface area contributed by atoms with Crippen LogP contribution in [0.1, 0.15) is 16.1 Å². The predicted octanol–water partition coefficient (Wildman–Crippen LogP) is 0.534. The van der Waals surface area contributed by atoms with Crippen LogP contribution in [0.4, 0.5) is 5.69 Å². The minimum atomic E-state index is -3.05. The number of thiophene rings is 1. The first-order valence-corrected chi connectivity index (χ1v) is 9.11. The fourth-order valence-corrected chi connectivity index (χ4v) is 4.59. The van der Waals surface area contributed by atoms with Gasteiger partial charge in [-0.05, 0) is 12.5 Å². The van der Waals surface area contributed by atoms with Gasteiger partial charge in [-0.25, -0.2) is 8.42 Å². The lowest BCUT2D eigenvalue weighted by molar-refractivity contribution is 0.0774. The standard InChI is InChI=1S/C12H14N4O3S2/c13-9-8-2-3-14-15-11(8)20-10(9)12(17)16-4-1-6-21(18,19)7-5-16/h2-3H,1,4-7,13H2. The molecule has 0 radical (unpaired) electrons. The van der Waals surface area contributed by atoms with Crippen LogP contribution < -0.4 is 5.73 Å². The maximum absolute atomic E-state index is 12.6. The Hall–Kier alpha value is -1.74. The highest BCUT2D eigenvalue weighted by atomic mass is 32.2. The van der Waals surface area contributed by atoms with Crippen molar-refractivity contribution >= 4 is 43.0 Å². The zero-order valence-electron chi connectivity index (χ0n) is 11.2. The number of hydrogen-bond acceptors (Lipinski definition) is 7. The van der Waals surface area contributed by atoms with Crippen molar-refractivity contribution in [3.05, 3.63) is 17.1 Å². The number of carbonyl (C=O) groups is 1. The van der Waals surface area contributed by atoms with E-state index in [-0.39, 0.29) is 24.0 Å². The van der Waals surface area contributed by atoms with Crippen LogP contribution in [-0.4, -0.2) is 54.0 Å². The molecule has 1 fully saturated rings. The van der Waals surface area contributed by atoms with E-state index in [0.717, 1.165) is 0 Å². The lowest BCUT2D eigenvalue weighted by atomic mass is 10.2. The number of nitrogen functional groups attached to an aromatic ring is 1. The summed E-state index contributed by atoms with van der Waals surface area (Å²) >= 11 is 1.19. The Morgan fingerprint density at radius 3 is 2.90 bits per heavy atom. The van der Waals surface area contributed by atoms with Crippen LogP contribution in [0.3, 0.4) is 0 Å². The van der Waals surface area contributed by atoms with E-state index in [0.29, 0.717) is 33.7 Å². The summed E-state index contributed by atoms with van der Waals surface area (Å²) in [6.07, 6.45) is 1.98. The Kier molecular flexibility index (Phi) is 3.54. The largest absolute Gasteiger partial charge is 0.397 e. The summed E-state index contributed by atoms with van der Waals surface area (Å²) in [5.41, 5.74) is 6.41. The molecule has 0 atom stereocenters. The second-order valence-electron chi connectivity index (χ2n) is 4.89. The van der Waals surface area contributed by atoms with Crippen LogP contribution in [0, 0.1) is 0 Å². The number of nitrogens with zero attached hydrogens (tertiary/aromatic N) is 3. The van der Waals surface area contributed by atoms with Crippen LogP contribution in [0.25, 0.3) is 10.2 Å². The number of anilines is 1. The second kappa shape index (κ2) is 5.23. The molecule has 1 aliphatic heterocycles. The van der Waals surface area contributed by atoms with E-state index in [1.165, 1.54) is 17.5 Å². The average molecular weight is 326 g/mol. The third-order valence-electron chi connectivity index (χ3n) is 3.46. The maximum atomic E-state index is 12.6. The number of hydrogen-bond donors (Lipinski definition) is 1. The van der Waals surface area contributed by atoms with Gasteiger partial charge in [0.15, 0.2) is 9.84 Å². The van der Waals surface area contributed by atoms with Gasteiger partial charge in [0.25, 0.3) is 5.91 Å². The highest BCUT2D eigenvalue weighted by Gasteiger charge is 2.26. The number of carbonyl (C=O) groups excluding carboxylic acids is 1. The van der Waals surface area contributed by atoms with E-state index >= 15 is 0 Å². The Morgan fingerprint density at radius 2 is 2.14 bits per heavy atom. The number of fused-ring (bicyclic) bond motifs is 1. The molecule has 3 heterocycles. The van der Waals surface area contributed by atoms with Gasteiger partial charge in [0.05, 0.1) is 23.4 Å². The van der Waals surface area contributed by atoms with Crippen molar-refractivity contribution in [3.63, 3.8) is 0 Å². The molecule has 1 saturated heterocycles. The van der Waals surface area contributed by atoms with Crippen LogP contribution >= 0.6 is 11.3 Å². The van der Waals surface area contributed by atoms with Gasteiger partial charge in [-0.1, -0.05) is 0 Å². The van der Waals surface area contributed by atoms with Crippen LogP contribution in [-0.2, 0) is 9.84 Å². The molecule has 1 amide bonds. The monoisotopic (exact) mass is 326 g/mol. The maximum Gasteiger partial charge on any atom is 0.266 e. The molecule has 1 aliphatic rings. The quantitative estimate of drug-likeness (QED) is 0.819. The molecule has 2 aromatic heterocycles. The highest BCUT2D eigenvalue weighted by molar-refractivity contribution is 7.91. The average Bonchev–Trinajstić information content (AvgIpc) is 2.67. The number of amides is 1. The summed E-state index contributed by atoms with van der Waals surface area (Å²) in [5, 5.41) is 8.44. The lowest BCUT2D eigenvalue weighted by Crippen LogP contribution is -2.33. The molecule has 2 aromatic rings. The Labute approximate surface area is 125 Å². The molecule has 0 unspecified atom stereocenters. The van der Waals surface area contributed by atoms with Gasteiger partial charge in [0.2, 0.25) is 0 Å². The summed E-state index contributed by atoms with van der Waals surface area (Å²) in [6.45, 7) is 0.637. The first kappa shape index (κ1) is 14.2. The molecule has 7 nitrogen and oxygen atoms in total. The van der Waals surface area contributed by atoms with Gasteiger partial charge in [0.1, 0.15) is 9.71 Å². The zero-order valence-corrected chi connectivity index (χ0v) is 12.8. The smallest absolute Gasteiger partial charge is 0.266 e. The van der Waals surface area contributed by atoms with Gasteiger partial charge in [-0.15, -0.1) is 16.4 Å². The van der Waals surface area contributed by atoms with Crippen molar-refractivity contribution in [2.24, 2.45) is 0 Å². The lowest BCUT2D eigenvalue weighted by Gasteiger charge is -2.19. The van der Waals surface area contributed by atoms with E-state index < -0.39 is 9.84 Å². The molecule has 9 heteroatoms. The van der Waals surface area contributed by atoms with Gasteiger partial charge < -0.3 is 10.6 Å². The summed E-state index contributed by atoms with van der Waals surface area (Å²) < 4.78 is 23.2. The number of nitrogens with two attached hydrogens (primary N) is 1. The van der Waals surface area contributed by atoms with E-state index in [1.807, 2.05) is 0 Å². The SMILES string of the molecule is Nc1c(C(=O)N2CCCS(=O)(=O)CC2)sc2nnccc12. The Balaban J connectivity index is 1.92. The molecule has 0 aromatic carbocycles. The van der Waals surface area contributed by atoms with E-state index in [1.54, 1.807) is 11.0 Å². The van der Waals surface area contributed by atoms with Crippen molar-refractivity contribution in [2.75, 3.05) is 30.3 Å². The third-order valence-corrected chi connectivity index (χ3v) is 6.27. The number of aromatic nitrogens is 2. The van der Waals surface area contributed by atoms with Crippen molar-refractivity contribution in [1.82, 2.24) is 15.1 Å². The summed E-state index contributed by atoms with van der Waals surface area (Å²) in [5.74, 6) is -0.0966. The van der Waals surface area contributed by atoms with E-state index in [4.69, 9.17) is 5.73 Å². The summed E-state index contributed by atoms with van der Waals surface area (Å²) in [7, 11) is -3.05. The van der Waals surface area contributed by atoms with Crippen LogP contribution in [0.2, 0.25) is 0 Å². The number of sulfone groups is 1. The molecule has 2 N–H and O–H groups in total. The Bertz CT molecular complexity index is 800. The molecule has 112 valence electrons. The predicted molar refractivity (Wildman–Crippen MR) is 81.0 cm³/mol. The van der Waals surface area contributed by atoms with Gasteiger partial charge in [-0.3, -0.25) is 4.79 Å². The van der Waals surface area contributed by atoms with Crippen molar-refractivity contribution < 1.29 is 13.2 Å². The molecule has 0 spiro atoms. The molecule has 21 heavy (non-hydrogen) atoms. The second-order valence-corrected chi connectivity index (χ2v) is 8.20. The van der Waals surface area contributed by atoms with Crippen LogP contribution in [0.5, 0.6) is 0 Å². The Morgan fingerprint density at radius 1 is 1.33 bits per heavy atom. The fourth-order valence-electron chi connectivity index (χ4n) is 2.32. The minimum absolute atomic E-state index is 0.00332. The molecular formula is C12H14N4O3S2. The van der Waals surface area contributed by atoms with Crippen molar-refractivity contribution in [2.45, 2.75) is 6.42 Å². The van der Waals surface area contributed by atoms with E-state index in [9.17, 15) is 13.2 Å². The first-order chi connectivity index (χ1) is 9.98. The summed E-state index contributed by atoms with van der Waals surface area (Å²) in [4.78, 5) is 15.1. The first-order valence-electron chi connectivity index (χ1n) is 6.47. The van der Waals surface area contributed by atoms with Gasteiger partial charge >= 0.3 is 0 Å². The molecular weight excluding hydrogens is 312 g/mol. The van der Waals surface area contributed by atoms with E-state index in [2.05, 4.69) is 10.2 Å². The van der Waals surface area contributed by atoms with Crippen LogP contribution in [0.15, 0.2) is 12.3 Å². The molecule has 0 aliphatic carbocycles. The molecule has 0 saturated carbocycles. The van der Waals surface area contributed by atoms with Gasteiger partial charge in [-0.2, -0.15) is 5.10 Å². The minimum Gasteiger partial charge on any atom is -0.397 e. The molecule has 0 bridgehead atoms. The zero-order chi connectivity index (χ0) is 15.0. The summed E-state index contributed by atoms with van der Waals surface area (Å²) in [6, 6.07) is 1.72. The highest BCUT2D eigenvalue weighted by Crippen LogP contribution is 2.32. The molecule has 3 rings (SSSR count). The normalized spacial score (nSPS) is 18.6. The van der Waals surface area contributed by atoms with Gasteiger partial charge in [0, 0.05) is 18.5 Å². The third kappa shape index (κ3) is 2.70.